The minimum Gasteiger partial charge on any atom is -0.508 e. The zero-order valence-electron chi connectivity index (χ0n) is 33.7. The number of hydrogen-bond acceptors (Lipinski definition) is 12. The van der Waals surface area contributed by atoms with Crippen LogP contribution in [-0.4, -0.2) is 98.9 Å². The van der Waals surface area contributed by atoms with Gasteiger partial charge in [-0.05, 0) is 78.4 Å². The number of carbonyl (C=O) groups excluding carboxylic acids is 2. The van der Waals surface area contributed by atoms with Gasteiger partial charge in [-0.2, -0.15) is 31.0 Å². The lowest BCUT2D eigenvalue weighted by Gasteiger charge is -2.38. The Labute approximate surface area is 369 Å². The van der Waals surface area contributed by atoms with Gasteiger partial charge in [0.15, 0.2) is 21.8 Å². The molecular weight excluding hydrogens is 906 g/mol. The molecule has 0 saturated carbocycles. The van der Waals surface area contributed by atoms with Crippen molar-refractivity contribution in [1.29, 1.82) is 0 Å². The number of piperidine rings is 1. The van der Waals surface area contributed by atoms with Crippen LogP contribution in [0.15, 0.2) is 123 Å². The number of carbonyl (C=O) groups is 3. The number of aliphatic carboxylic acids is 1. The number of urea groups is 1. The van der Waals surface area contributed by atoms with Gasteiger partial charge in [0.05, 0.1) is 23.4 Å². The molecule has 1 unspecified atom stereocenters. The Hall–Kier alpha value is -6.49. The summed E-state index contributed by atoms with van der Waals surface area (Å²) in [5.74, 6) is -2.14. The number of amides is 3. The van der Waals surface area contributed by atoms with Crippen molar-refractivity contribution < 1.29 is 77.3 Å². The van der Waals surface area contributed by atoms with E-state index in [0.717, 1.165) is 35.9 Å². The second kappa shape index (κ2) is 19.1. The van der Waals surface area contributed by atoms with Gasteiger partial charge in [-0.3, -0.25) is 4.79 Å². The fraction of sp³-hybridized carbons (Fsp3) is 0.238. The van der Waals surface area contributed by atoms with E-state index in [0.29, 0.717) is 46.8 Å². The highest BCUT2D eigenvalue weighted by molar-refractivity contribution is 7.92. The number of ether oxygens (including phenoxy) is 2. The summed E-state index contributed by atoms with van der Waals surface area (Å²) in [6, 6.07) is 24.8. The number of anilines is 1. The summed E-state index contributed by atoms with van der Waals surface area (Å²) >= 11 is 0.717. The number of aromatic hydroxyl groups is 1. The number of alkyl halides is 3. The van der Waals surface area contributed by atoms with Gasteiger partial charge in [0.2, 0.25) is 16.6 Å². The van der Waals surface area contributed by atoms with E-state index < -0.39 is 50.1 Å². The number of fused-ring (bicyclic) bond motifs is 1. The number of benzene rings is 4. The van der Waals surface area contributed by atoms with Crippen molar-refractivity contribution in [3.05, 3.63) is 120 Å². The van der Waals surface area contributed by atoms with E-state index in [2.05, 4.69) is 12.4 Å². The predicted molar refractivity (Wildman–Crippen MR) is 225 cm³/mol. The molecule has 4 aromatic carbocycles. The van der Waals surface area contributed by atoms with E-state index in [1.807, 2.05) is 18.2 Å². The highest BCUT2D eigenvalue weighted by atomic mass is 32.3. The van der Waals surface area contributed by atoms with Gasteiger partial charge in [0.25, 0.3) is 5.91 Å². The maximum absolute atomic E-state index is 14.3. The Morgan fingerprint density at radius 2 is 1.55 bits per heavy atom. The largest absolute Gasteiger partial charge is 0.508 e. The molecule has 2 aliphatic heterocycles. The molecule has 338 valence electrons. The van der Waals surface area contributed by atoms with Gasteiger partial charge >= 0.3 is 28.3 Å². The fourth-order valence-electron chi connectivity index (χ4n) is 7.01. The van der Waals surface area contributed by atoms with Crippen LogP contribution in [0.2, 0.25) is 0 Å². The molecule has 0 bridgehead atoms. The standard InChI is InChI=1S/C40H38N4O10S3.C2HF3O2/c1-44(23-28-11-18-36-37(21-28)53-26-52-36)19-5-6-30(24-44)43(35(39(41)46)20-27-9-14-31(45)15-10-27)40(47)42-29-12-16-32(17-13-29)54-57(50,51)38-22-34(25-55-38)56(48,49)33-7-3-2-4-8-33;3-2(4,5)1(6)7/h2-4,7-18,21-22,25,35H,5-6,19-20,23-24,26H2,1H3,(H2-2,41,42,45,46,47);(H,6,7)/p+2/b43-30+;/t35-,44?;/m0./s1. The smallest absolute Gasteiger partial charge is 0.496 e. The van der Waals surface area contributed by atoms with Crippen molar-refractivity contribution in [2.24, 2.45) is 5.73 Å². The molecule has 2 aliphatic rings. The van der Waals surface area contributed by atoms with Crippen LogP contribution >= 0.6 is 11.3 Å². The van der Waals surface area contributed by atoms with E-state index in [-0.39, 0.29) is 44.4 Å². The normalized spacial score (nSPS) is 17.3. The molecule has 5 aromatic rings. The molecule has 64 heavy (non-hydrogen) atoms. The lowest BCUT2D eigenvalue weighted by Crippen LogP contribution is -2.56. The molecule has 7 rings (SSSR count). The fourth-order valence-corrected chi connectivity index (χ4v) is 10.8. The third kappa shape index (κ3) is 11.5. The van der Waals surface area contributed by atoms with Gasteiger partial charge in [0.1, 0.15) is 36.0 Å². The molecule has 0 spiro atoms. The van der Waals surface area contributed by atoms with E-state index in [9.17, 15) is 44.7 Å². The minimum atomic E-state index is -5.08. The van der Waals surface area contributed by atoms with Gasteiger partial charge in [0, 0.05) is 30.2 Å². The number of phenols is 1. The number of likely N-dealkylation sites (tertiary alicyclic amines) is 1. The second-order valence-electron chi connectivity index (χ2n) is 14.9. The topological polar surface area (TPSA) is 229 Å². The predicted octanol–water partition coefficient (Wildman–Crippen LogP) is 5.94. The summed E-state index contributed by atoms with van der Waals surface area (Å²) in [6.45, 7) is 2.03. The number of quaternary nitrogens is 1. The minimum absolute atomic E-state index is 0.0302. The van der Waals surface area contributed by atoms with Gasteiger partial charge in [-0.15, -0.1) is 11.3 Å². The third-order valence-corrected chi connectivity index (χ3v) is 14.6. The lowest BCUT2D eigenvalue weighted by molar-refractivity contribution is -0.918. The molecule has 0 radical (unpaired) electrons. The molecule has 22 heteroatoms. The van der Waals surface area contributed by atoms with Gasteiger partial charge in [-0.25, -0.2) is 18.5 Å². The number of carboxylic acid groups (broad SMARTS) is 1. The Balaban J connectivity index is 0.000000898. The Morgan fingerprint density at radius 3 is 2.19 bits per heavy atom. The van der Waals surface area contributed by atoms with Gasteiger partial charge < -0.3 is 34.1 Å². The second-order valence-corrected chi connectivity index (χ2v) is 19.5. The SMILES string of the molecule is C[N+]1(Cc2ccc3c(c2)OCO3)CCC/C(=[N+](\C(=O)Nc2ccc(OS(=O)(=O)c3cc(S(=O)(=O)c4ccccc4)cs3)cc2)[C@@H](Cc2ccc(O)cc2)C(N)=O)C1.O=C(O)C(F)(F)F. The molecule has 1 aromatic heterocycles. The van der Waals surface area contributed by atoms with Crippen LogP contribution in [0.1, 0.15) is 24.0 Å². The molecule has 5 N–H and O–H groups in total. The first-order chi connectivity index (χ1) is 30.1. The number of nitrogens with zero attached hydrogens (tertiary/aromatic N) is 2. The Bertz CT molecular complexity index is 2790. The number of carboxylic acids is 1. The van der Waals surface area contributed by atoms with Crippen LogP contribution in [0.4, 0.5) is 23.7 Å². The summed E-state index contributed by atoms with van der Waals surface area (Å²) in [4.78, 5) is 36.3. The van der Waals surface area contributed by atoms with Crippen molar-refractivity contribution in [2.45, 2.75) is 52.0 Å². The first-order valence-corrected chi connectivity index (χ1v) is 22.9. The summed E-state index contributed by atoms with van der Waals surface area (Å²) in [5.41, 5.74) is 8.71. The van der Waals surface area contributed by atoms with E-state index >= 15 is 0 Å². The van der Waals surface area contributed by atoms with Crippen molar-refractivity contribution in [1.82, 2.24) is 0 Å². The molecular formula is C42H41F3N4O12S3+2. The highest BCUT2D eigenvalue weighted by Crippen LogP contribution is 2.34. The van der Waals surface area contributed by atoms with Crippen molar-refractivity contribution in [3.8, 4) is 23.0 Å². The molecule has 2 atom stereocenters. The van der Waals surface area contributed by atoms with Crippen molar-refractivity contribution in [3.63, 3.8) is 0 Å². The van der Waals surface area contributed by atoms with Crippen LogP contribution in [0.25, 0.3) is 0 Å². The van der Waals surface area contributed by atoms with E-state index in [1.165, 1.54) is 58.5 Å². The summed E-state index contributed by atoms with van der Waals surface area (Å²) in [6.07, 6.45) is -3.74. The summed E-state index contributed by atoms with van der Waals surface area (Å²) in [5, 5.41) is 21.1. The monoisotopic (exact) mass is 946 g/mol. The quantitative estimate of drug-likeness (QED) is 0.0648. The zero-order chi connectivity index (χ0) is 46.5. The maximum Gasteiger partial charge on any atom is 0.496 e. The van der Waals surface area contributed by atoms with Crippen LogP contribution in [0.5, 0.6) is 23.0 Å². The number of sulfone groups is 1. The Kier molecular flexibility index (Phi) is 14.0. The average Bonchev–Trinajstić information content (AvgIpc) is 3.94. The van der Waals surface area contributed by atoms with E-state index in [4.69, 9.17) is 29.3 Å². The number of rotatable bonds is 12. The molecule has 16 nitrogen and oxygen atoms in total. The number of nitrogens with one attached hydrogen (secondary N) is 1. The number of primary amides is 1. The molecule has 0 aliphatic carbocycles. The van der Waals surface area contributed by atoms with Crippen LogP contribution in [-0.2, 0) is 42.5 Å². The Morgan fingerprint density at radius 1 is 0.906 bits per heavy atom. The first kappa shape index (κ1) is 47.0. The molecule has 3 amide bonds. The number of hydrogen-bond donors (Lipinski definition) is 4. The summed E-state index contributed by atoms with van der Waals surface area (Å²) in [7, 11) is -6.27. The zero-order valence-corrected chi connectivity index (χ0v) is 36.2. The van der Waals surface area contributed by atoms with Crippen LogP contribution in [0.3, 0.4) is 0 Å². The lowest BCUT2D eigenvalue weighted by atomic mass is 10.0. The molecule has 1 fully saturated rings. The van der Waals surface area contributed by atoms with Crippen LogP contribution < -0.4 is 24.7 Å². The maximum atomic E-state index is 14.3. The number of halogens is 3. The summed E-state index contributed by atoms with van der Waals surface area (Å²) < 4.78 is 102. The highest BCUT2D eigenvalue weighted by Gasteiger charge is 2.40. The molecule has 3 heterocycles. The van der Waals surface area contributed by atoms with Gasteiger partial charge in [-0.1, -0.05) is 30.3 Å². The number of phenolic OH excluding ortho intramolecular Hbond substituents is 1. The number of nitrogens with two attached hydrogens (primary N) is 1. The average molecular weight is 947 g/mol. The number of thiophene rings is 1. The first-order valence-electron chi connectivity index (χ1n) is 19.1. The van der Waals surface area contributed by atoms with Crippen molar-refractivity contribution >= 4 is 60.6 Å². The third-order valence-electron chi connectivity index (χ3n) is 10.0. The molecule has 1 saturated heterocycles. The van der Waals surface area contributed by atoms with Crippen LogP contribution in [0, 0.1) is 0 Å². The van der Waals surface area contributed by atoms with Crippen molar-refractivity contribution in [2.75, 3.05) is 32.2 Å². The van der Waals surface area contributed by atoms with E-state index in [1.54, 1.807) is 30.3 Å².